The smallest absolute Gasteiger partial charge is 0.270 e. The molecule has 0 saturated heterocycles. The summed E-state index contributed by atoms with van der Waals surface area (Å²) in [6.45, 7) is 2.15. The Hall–Kier alpha value is -2.85. The molecular formula is C25H31ClF2N4O4. The van der Waals surface area contributed by atoms with Crippen LogP contribution in [0, 0.1) is 23.5 Å². The number of nitrogens with zero attached hydrogens (tertiary/aromatic N) is 1. The summed E-state index contributed by atoms with van der Waals surface area (Å²) in [7, 11) is 1.54. The van der Waals surface area contributed by atoms with Gasteiger partial charge in [0.2, 0.25) is 5.91 Å². The van der Waals surface area contributed by atoms with Crippen molar-refractivity contribution in [2.45, 2.75) is 57.9 Å². The van der Waals surface area contributed by atoms with Crippen LogP contribution in [0.1, 0.15) is 72.8 Å². The molecule has 0 bridgehead atoms. The highest BCUT2D eigenvalue weighted by Gasteiger charge is 2.28. The Kier molecular flexibility index (Phi) is 9.95. The Labute approximate surface area is 213 Å². The SMILES string of the molecule is COC[C@H](C)NC(=O)c1[nH]cnc1C(=O)CCCC1CCC(C(=O)Nc2c(F)cc(F)cc2Cl)CC1. The first kappa shape index (κ1) is 27.7. The third-order valence-electron chi connectivity index (χ3n) is 6.41. The van der Waals surface area contributed by atoms with Gasteiger partial charge in [0.1, 0.15) is 17.2 Å². The van der Waals surface area contributed by atoms with E-state index in [1.165, 1.54) is 6.33 Å². The first-order valence-electron chi connectivity index (χ1n) is 12.0. The van der Waals surface area contributed by atoms with Gasteiger partial charge in [-0.25, -0.2) is 13.8 Å². The van der Waals surface area contributed by atoms with Crippen molar-refractivity contribution in [3.8, 4) is 0 Å². The fourth-order valence-corrected chi connectivity index (χ4v) is 4.78. The van der Waals surface area contributed by atoms with Crippen LogP contribution < -0.4 is 10.6 Å². The van der Waals surface area contributed by atoms with Crippen LogP contribution in [-0.2, 0) is 9.53 Å². The van der Waals surface area contributed by atoms with Crippen molar-refractivity contribution in [3.63, 3.8) is 0 Å². The molecule has 1 aliphatic carbocycles. The maximum Gasteiger partial charge on any atom is 0.270 e. The molecule has 1 aromatic heterocycles. The van der Waals surface area contributed by atoms with Crippen LogP contribution >= 0.6 is 11.6 Å². The number of aromatic nitrogens is 2. The highest BCUT2D eigenvalue weighted by atomic mass is 35.5. The second-order valence-corrected chi connectivity index (χ2v) is 9.63. The van der Waals surface area contributed by atoms with E-state index in [0.29, 0.717) is 37.9 Å². The first-order chi connectivity index (χ1) is 17.2. The van der Waals surface area contributed by atoms with E-state index < -0.39 is 17.5 Å². The largest absolute Gasteiger partial charge is 0.383 e. The van der Waals surface area contributed by atoms with E-state index in [9.17, 15) is 23.2 Å². The normalized spacial score (nSPS) is 18.5. The number of imidazole rings is 1. The lowest BCUT2D eigenvalue weighted by molar-refractivity contribution is -0.121. The predicted octanol–water partition coefficient (Wildman–Crippen LogP) is 4.90. The standard InChI is InChI=1S/C25H31ClF2N4O4/c1-14(12-36-2)31-25(35)23-22(29-13-30-23)20(33)5-3-4-15-6-8-16(9-7-15)24(34)32-21-18(26)10-17(27)11-19(21)28/h10-11,13-16H,3-9,12H2,1-2H3,(H,29,30)(H,31,35)(H,32,34)/t14-,15?,16?/m0/s1. The van der Waals surface area contributed by atoms with Crippen LogP contribution in [0.15, 0.2) is 18.5 Å². The number of aromatic amines is 1. The number of hydrogen-bond donors (Lipinski definition) is 3. The van der Waals surface area contributed by atoms with Crippen LogP contribution in [0.4, 0.5) is 14.5 Å². The molecule has 1 fully saturated rings. The topological polar surface area (TPSA) is 113 Å². The van der Waals surface area contributed by atoms with Crippen molar-refractivity contribution in [1.29, 1.82) is 0 Å². The van der Waals surface area contributed by atoms with Crippen LogP contribution in [0.25, 0.3) is 0 Å². The molecule has 1 atom stereocenters. The average molecular weight is 525 g/mol. The zero-order chi connectivity index (χ0) is 26.2. The number of benzene rings is 1. The van der Waals surface area contributed by atoms with Gasteiger partial charge in [-0.3, -0.25) is 14.4 Å². The highest BCUT2D eigenvalue weighted by Crippen LogP contribution is 2.34. The van der Waals surface area contributed by atoms with Gasteiger partial charge in [0.05, 0.1) is 23.6 Å². The maximum absolute atomic E-state index is 14.0. The quantitative estimate of drug-likeness (QED) is 0.362. The van der Waals surface area contributed by atoms with E-state index in [-0.39, 0.29) is 52.2 Å². The average Bonchev–Trinajstić information content (AvgIpc) is 3.32. The number of ketones is 1. The molecule has 1 aromatic carbocycles. The van der Waals surface area contributed by atoms with Gasteiger partial charge in [-0.15, -0.1) is 0 Å². The number of amides is 2. The summed E-state index contributed by atoms with van der Waals surface area (Å²) in [4.78, 5) is 44.4. The molecule has 0 unspecified atom stereocenters. The molecule has 1 saturated carbocycles. The number of halogens is 3. The van der Waals surface area contributed by atoms with Gasteiger partial charge in [-0.05, 0) is 51.0 Å². The van der Waals surface area contributed by atoms with E-state index in [4.69, 9.17) is 16.3 Å². The predicted molar refractivity (Wildman–Crippen MR) is 131 cm³/mol. The number of rotatable bonds is 11. The molecule has 0 aliphatic heterocycles. The summed E-state index contributed by atoms with van der Waals surface area (Å²) >= 11 is 5.87. The first-order valence-corrected chi connectivity index (χ1v) is 12.4. The zero-order valence-electron chi connectivity index (χ0n) is 20.3. The highest BCUT2D eigenvalue weighted by molar-refractivity contribution is 6.33. The van der Waals surface area contributed by atoms with Crippen molar-refractivity contribution in [1.82, 2.24) is 15.3 Å². The minimum absolute atomic E-state index is 0.129. The van der Waals surface area contributed by atoms with Crippen molar-refractivity contribution in [2.24, 2.45) is 11.8 Å². The number of nitrogens with one attached hydrogen (secondary N) is 3. The number of hydrogen-bond acceptors (Lipinski definition) is 5. The number of anilines is 1. The lowest BCUT2D eigenvalue weighted by Gasteiger charge is -2.28. The molecule has 8 nitrogen and oxygen atoms in total. The molecule has 1 heterocycles. The Morgan fingerprint density at radius 1 is 1.22 bits per heavy atom. The Morgan fingerprint density at radius 3 is 2.61 bits per heavy atom. The minimum Gasteiger partial charge on any atom is -0.383 e. The van der Waals surface area contributed by atoms with Crippen molar-refractivity contribution in [3.05, 3.63) is 46.5 Å². The molecule has 0 spiro atoms. The van der Waals surface area contributed by atoms with Crippen LogP contribution in [0.2, 0.25) is 5.02 Å². The second kappa shape index (κ2) is 12.9. The Bertz CT molecular complexity index is 1060. The number of carbonyl (C=O) groups excluding carboxylic acids is 3. The van der Waals surface area contributed by atoms with Crippen molar-refractivity contribution in [2.75, 3.05) is 19.0 Å². The van der Waals surface area contributed by atoms with Crippen molar-refractivity contribution >= 4 is 34.9 Å². The Morgan fingerprint density at radius 2 is 1.94 bits per heavy atom. The number of ether oxygens (including phenoxy) is 1. The maximum atomic E-state index is 14.0. The third kappa shape index (κ3) is 7.33. The van der Waals surface area contributed by atoms with E-state index in [2.05, 4.69) is 20.6 Å². The third-order valence-corrected chi connectivity index (χ3v) is 6.71. The number of H-pyrrole nitrogens is 1. The molecule has 3 rings (SSSR count). The summed E-state index contributed by atoms with van der Waals surface area (Å²) in [5.74, 6) is -2.57. The van der Waals surface area contributed by atoms with Crippen LogP contribution in [-0.4, -0.2) is 47.3 Å². The minimum atomic E-state index is -0.909. The van der Waals surface area contributed by atoms with Crippen LogP contribution in [0.3, 0.4) is 0 Å². The molecule has 11 heteroatoms. The molecule has 196 valence electrons. The van der Waals surface area contributed by atoms with E-state index in [0.717, 1.165) is 25.3 Å². The molecule has 36 heavy (non-hydrogen) atoms. The molecule has 3 N–H and O–H groups in total. The van der Waals surface area contributed by atoms with Gasteiger partial charge in [0, 0.05) is 31.6 Å². The molecule has 0 radical (unpaired) electrons. The molecule has 2 aromatic rings. The molecular weight excluding hydrogens is 494 g/mol. The van der Waals surface area contributed by atoms with E-state index in [1.807, 2.05) is 0 Å². The molecule has 1 aliphatic rings. The fourth-order valence-electron chi connectivity index (χ4n) is 4.54. The summed E-state index contributed by atoms with van der Waals surface area (Å²) in [6, 6.07) is 1.43. The van der Waals surface area contributed by atoms with E-state index in [1.54, 1.807) is 14.0 Å². The van der Waals surface area contributed by atoms with Gasteiger partial charge in [0.25, 0.3) is 5.91 Å². The molecule has 2 amide bonds. The lowest BCUT2D eigenvalue weighted by Crippen LogP contribution is -2.36. The summed E-state index contributed by atoms with van der Waals surface area (Å²) < 4.78 is 32.2. The second-order valence-electron chi connectivity index (χ2n) is 9.22. The van der Waals surface area contributed by atoms with Crippen molar-refractivity contribution < 1.29 is 27.9 Å². The Balaban J connectivity index is 1.42. The van der Waals surface area contributed by atoms with Gasteiger partial charge in [-0.1, -0.05) is 18.0 Å². The zero-order valence-corrected chi connectivity index (χ0v) is 21.1. The summed E-state index contributed by atoms with van der Waals surface area (Å²) in [5.41, 5.74) is 0.0691. The number of carbonyl (C=O) groups is 3. The summed E-state index contributed by atoms with van der Waals surface area (Å²) in [5, 5.41) is 5.07. The number of Topliss-reactive ketones (excluding diaryl/α,β-unsaturated/α-hetero) is 1. The van der Waals surface area contributed by atoms with Gasteiger partial charge >= 0.3 is 0 Å². The summed E-state index contributed by atoms with van der Waals surface area (Å²) in [6.07, 6.45) is 5.93. The van der Waals surface area contributed by atoms with Gasteiger partial charge < -0.3 is 20.4 Å². The number of methoxy groups -OCH3 is 1. The monoisotopic (exact) mass is 524 g/mol. The van der Waals surface area contributed by atoms with Crippen LogP contribution in [0.5, 0.6) is 0 Å². The van der Waals surface area contributed by atoms with Gasteiger partial charge in [0.15, 0.2) is 11.6 Å². The lowest BCUT2D eigenvalue weighted by atomic mass is 9.79. The fraction of sp³-hybridized carbons (Fsp3) is 0.520. The van der Waals surface area contributed by atoms with Gasteiger partial charge in [-0.2, -0.15) is 0 Å². The van der Waals surface area contributed by atoms with E-state index >= 15 is 0 Å².